The van der Waals surface area contributed by atoms with Gasteiger partial charge in [-0.1, -0.05) is 17.7 Å². The van der Waals surface area contributed by atoms with E-state index in [9.17, 15) is 9.59 Å². The highest BCUT2D eigenvalue weighted by Gasteiger charge is 2.52. The monoisotopic (exact) mass is 490 g/mol. The van der Waals surface area contributed by atoms with Gasteiger partial charge in [0.1, 0.15) is 11.4 Å². The summed E-state index contributed by atoms with van der Waals surface area (Å²) in [6.07, 6.45) is 2.23. The first-order chi connectivity index (χ1) is 15.9. The van der Waals surface area contributed by atoms with Crippen LogP contribution in [-0.2, 0) is 14.3 Å². The first-order valence-corrected chi connectivity index (χ1v) is 12.2. The van der Waals surface area contributed by atoms with Crippen molar-refractivity contribution in [2.75, 3.05) is 13.7 Å². The molecule has 0 radical (unpaired) electrons. The van der Waals surface area contributed by atoms with Crippen molar-refractivity contribution in [3.05, 3.63) is 28.8 Å². The molecular formula is C25H35ClN4O4. The molecule has 9 heteroatoms. The van der Waals surface area contributed by atoms with Crippen molar-refractivity contribution < 1.29 is 19.1 Å². The van der Waals surface area contributed by atoms with E-state index >= 15 is 0 Å². The molecule has 2 aliphatic heterocycles. The second-order valence-corrected chi connectivity index (χ2v) is 11.3. The van der Waals surface area contributed by atoms with Crippen LogP contribution in [0.15, 0.2) is 23.2 Å². The van der Waals surface area contributed by atoms with Gasteiger partial charge in [-0.05, 0) is 58.6 Å². The van der Waals surface area contributed by atoms with Gasteiger partial charge < -0.3 is 20.5 Å². The standard InChI is InChI=1S/C25H35ClN4O4/c1-24(2)13-21(31)30(23(27)29-24)19(8-9-33-5)16-11-17(16)22(32)28-18-12-25(3,4)34-20-10-14(26)6-7-15(18)20/h6-7,10,16-19H,8-9,11-13H2,1-5H3,(H2,27,29)(H,28,32)/t16-,17-,18+,19+/m0/s1. The number of amides is 2. The van der Waals surface area contributed by atoms with Crippen LogP contribution in [0.2, 0.25) is 5.02 Å². The molecule has 1 fully saturated rings. The quantitative estimate of drug-likeness (QED) is 0.609. The molecule has 186 valence electrons. The number of hydrogen-bond acceptors (Lipinski definition) is 6. The first-order valence-electron chi connectivity index (χ1n) is 11.9. The van der Waals surface area contributed by atoms with Gasteiger partial charge in [0.25, 0.3) is 0 Å². The minimum absolute atomic E-state index is 0.00611. The van der Waals surface area contributed by atoms with Gasteiger partial charge in [-0.2, -0.15) is 0 Å². The number of benzene rings is 1. The van der Waals surface area contributed by atoms with Gasteiger partial charge in [0.05, 0.1) is 18.0 Å². The Hall–Kier alpha value is -2.32. The van der Waals surface area contributed by atoms with E-state index in [1.807, 2.05) is 39.8 Å². The number of carbonyl (C=O) groups excluding carboxylic acids is 2. The zero-order valence-electron chi connectivity index (χ0n) is 20.6. The molecule has 0 spiro atoms. The van der Waals surface area contributed by atoms with Gasteiger partial charge in [-0.15, -0.1) is 0 Å². The molecular weight excluding hydrogens is 456 g/mol. The predicted octanol–water partition coefficient (Wildman–Crippen LogP) is 3.43. The van der Waals surface area contributed by atoms with Crippen LogP contribution >= 0.6 is 11.6 Å². The molecule has 3 N–H and O–H groups in total. The van der Waals surface area contributed by atoms with E-state index < -0.39 is 11.1 Å². The summed E-state index contributed by atoms with van der Waals surface area (Å²) in [5.41, 5.74) is 6.21. The van der Waals surface area contributed by atoms with Crippen LogP contribution in [0.4, 0.5) is 0 Å². The van der Waals surface area contributed by atoms with Gasteiger partial charge in [0.15, 0.2) is 5.96 Å². The molecule has 0 saturated heterocycles. The number of hydrogen-bond donors (Lipinski definition) is 2. The summed E-state index contributed by atoms with van der Waals surface area (Å²) in [5, 5.41) is 3.83. The minimum atomic E-state index is -0.518. The lowest BCUT2D eigenvalue weighted by Gasteiger charge is -2.38. The zero-order chi connectivity index (χ0) is 24.8. The molecule has 1 aliphatic carbocycles. The maximum absolute atomic E-state index is 13.3. The number of guanidine groups is 1. The topological polar surface area (TPSA) is 106 Å². The second kappa shape index (κ2) is 9.04. The SMILES string of the molecule is COCC[C@H]([C@H]1C[C@@H]1C(=O)N[C@@H]1CC(C)(C)Oc2cc(Cl)ccc21)N1C(=O)CC(C)(C)N=C1N. The highest BCUT2D eigenvalue weighted by molar-refractivity contribution is 6.30. The van der Waals surface area contributed by atoms with Crippen LogP contribution in [0, 0.1) is 11.8 Å². The van der Waals surface area contributed by atoms with Crippen LogP contribution in [0.25, 0.3) is 0 Å². The Morgan fingerprint density at radius 2 is 2.12 bits per heavy atom. The maximum atomic E-state index is 13.3. The number of fused-ring (bicyclic) bond motifs is 1. The third-order valence-electron chi connectivity index (χ3n) is 6.89. The Bertz CT molecular complexity index is 1010. The van der Waals surface area contributed by atoms with Crippen molar-refractivity contribution in [1.82, 2.24) is 10.2 Å². The molecule has 2 heterocycles. The molecule has 34 heavy (non-hydrogen) atoms. The highest BCUT2D eigenvalue weighted by atomic mass is 35.5. The van der Waals surface area contributed by atoms with E-state index in [4.69, 9.17) is 26.8 Å². The molecule has 1 aromatic rings. The summed E-state index contributed by atoms with van der Waals surface area (Å²) in [6.45, 7) is 8.27. The fraction of sp³-hybridized carbons (Fsp3) is 0.640. The Kier molecular flexibility index (Phi) is 6.59. The average molecular weight is 491 g/mol. The minimum Gasteiger partial charge on any atom is -0.487 e. The lowest BCUT2D eigenvalue weighted by molar-refractivity contribution is -0.132. The molecule has 0 aromatic heterocycles. The van der Waals surface area contributed by atoms with Crippen LogP contribution in [-0.4, -0.2) is 53.6 Å². The number of nitrogens with zero attached hydrogens (tertiary/aromatic N) is 2. The normalized spacial score (nSPS) is 27.8. The maximum Gasteiger partial charge on any atom is 0.231 e. The van der Waals surface area contributed by atoms with E-state index in [0.29, 0.717) is 36.6 Å². The van der Waals surface area contributed by atoms with Crippen LogP contribution < -0.4 is 15.8 Å². The van der Waals surface area contributed by atoms with E-state index in [2.05, 4.69) is 10.3 Å². The van der Waals surface area contributed by atoms with Crippen molar-refractivity contribution in [3.63, 3.8) is 0 Å². The lowest BCUT2D eigenvalue weighted by Crippen LogP contribution is -2.55. The molecule has 0 bridgehead atoms. The molecule has 4 rings (SSSR count). The molecule has 4 atom stereocenters. The highest BCUT2D eigenvalue weighted by Crippen LogP contribution is 2.47. The van der Waals surface area contributed by atoms with Crippen LogP contribution in [0.1, 0.15) is 65.0 Å². The summed E-state index contributed by atoms with van der Waals surface area (Å²) in [5.74, 6) is 0.666. The van der Waals surface area contributed by atoms with Gasteiger partial charge in [0, 0.05) is 42.7 Å². The van der Waals surface area contributed by atoms with Crippen molar-refractivity contribution in [2.45, 2.75) is 76.6 Å². The summed E-state index contributed by atoms with van der Waals surface area (Å²) >= 11 is 6.16. The fourth-order valence-electron chi connectivity index (χ4n) is 5.29. The Morgan fingerprint density at radius 3 is 2.79 bits per heavy atom. The van der Waals surface area contributed by atoms with Crippen LogP contribution in [0.5, 0.6) is 5.75 Å². The summed E-state index contributed by atoms with van der Waals surface area (Å²) in [4.78, 5) is 32.4. The van der Waals surface area contributed by atoms with Crippen LogP contribution in [0.3, 0.4) is 0 Å². The molecule has 2 amide bonds. The number of carbonyl (C=O) groups is 2. The molecule has 0 unspecified atom stereocenters. The Balaban J connectivity index is 1.50. The number of rotatable bonds is 7. The molecule has 8 nitrogen and oxygen atoms in total. The number of aliphatic imine (C=N–C) groups is 1. The smallest absolute Gasteiger partial charge is 0.231 e. The number of halogens is 1. The molecule has 1 aromatic carbocycles. The molecule has 1 saturated carbocycles. The third kappa shape index (κ3) is 5.18. The largest absolute Gasteiger partial charge is 0.487 e. The first kappa shape index (κ1) is 24.8. The van der Waals surface area contributed by atoms with Crippen molar-refractivity contribution in [2.24, 2.45) is 22.6 Å². The summed E-state index contributed by atoms with van der Waals surface area (Å²) in [7, 11) is 1.63. The third-order valence-corrected chi connectivity index (χ3v) is 7.12. The van der Waals surface area contributed by atoms with Crippen molar-refractivity contribution in [3.8, 4) is 5.75 Å². The van der Waals surface area contributed by atoms with E-state index in [1.165, 1.54) is 0 Å². The Labute approximate surface area is 206 Å². The lowest BCUT2D eigenvalue weighted by atomic mass is 9.89. The number of nitrogens with one attached hydrogen (secondary N) is 1. The van der Waals surface area contributed by atoms with Crippen molar-refractivity contribution in [1.29, 1.82) is 0 Å². The zero-order valence-corrected chi connectivity index (χ0v) is 21.3. The van der Waals surface area contributed by atoms with Gasteiger partial charge in [0.2, 0.25) is 11.8 Å². The van der Waals surface area contributed by atoms with E-state index in [-0.39, 0.29) is 48.1 Å². The van der Waals surface area contributed by atoms with Crippen molar-refractivity contribution >= 4 is 29.4 Å². The van der Waals surface area contributed by atoms with E-state index in [0.717, 1.165) is 5.56 Å². The predicted molar refractivity (Wildman–Crippen MR) is 131 cm³/mol. The van der Waals surface area contributed by atoms with Gasteiger partial charge >= 0.3 is 0 Å². The molecule has 3 aliphatic rings. The number of nitrogens with two attached hydrogens (primary N) is 1. The number of ether oxygens (including phenoxy) is 2. The second-order valence-electron chi connectivity index (χ2n) is 10.9. The van der Waals surface area contributed by atoms with Gasteiger partial charge in [-0.3, -0.25) is 14.5 Å². The van der Waals surface area contributed by atoms with Gasteiger partial charge in [-0.25, -0.2) is 4.99 Å². The Morgan fingerprint density at radius 1 is 1.38 bits per heavy atom. The summed E-state index contributed by atoms with van der Waals surface area (Å²) < 4.78 is 11.4. The average Bonchev–Trinajstić information content (AvgIpc) is 3.48. The van der Waals surface area contributed by atoms with E-state index in [1.54, 1.807) is 18.1 Å². The fourth-order valence-corrected chi connectivity index (χ4v) is 5.45. The summed E-state index contributed by atoms with van der Waals surface area (Å²) in [6, 6.07) is 5.12. The number of methoxy groups -OCH3 is 1.